The summed E-state index contributed by atoms with van der Waals surface area (Å²) in [5.74, 6) is 0.652. The van der Waals surface area contributed by atoms with Crippen molar-refractivity contribution in [3.63, 3.8) is 0 Å². The fourth-order valence-corrected chi connectivity index (χ4v) is 2.99. The molecule has 20 heavy (non-hydrogen) atoms. The molecule has 1 heterocycles. The van der Waals surface area contributed by atoms with Crippen molar-refractivity contribution in [1.82, 2.24) is 4.57 Å². The van der Waals surface area contributed by atoms with Crippen molar-refractivity contribution >= 4 is 11.6 Å². The molecule has 1 aromatic heterocycles. The van der Waals surface area contributed by atoms with Gasteiger partial charge in [0.1, 0.15) is 5.69 Å². The number of amides is 1. The van der Waals surface area contributed by atoms with Gasteiger partial charge in [0.05, 0.1) is 0 Å². The van der Waals surface area contributed by atoms with E-state index in [1.807, 2.05) is 42.1 Å². The minimum Gasteiger partial charge on any atom is -0.347 e. The van der Waals surface area contributed by atoms with Crippen molar-refractivity contribution in [3.05, 3.63) is 53.9 Å². The molecule has 3 nitrogen and oxygen atoms in total. The standard InChI is InChI=1S/C17H20N2O/c1-19-12-4-7-16(19)17(20)18-15-10-8-14(9-11-15)13-5-2-3-6-13/h4,7-13H,2-3,5-6H2,1H3,(H,18,20). The molecule has 1 amide bonds. The van der Waals surface area contributed by atoms with E-state index < -0.39 is 0 Å². The van der Waals surface area contributed by atoms with Crippen LogP contribution in [0.1, 0.15) is 47.7 Å². The highest BCUT2D eigenvalue weighted by atomic mass is 16.1. The van der Waals surface area contributed by atoms with Gasteiger partial charge in [0.25, 0.3) is 5.91 Å². The second-order valence-electron chi connectivity index (χ2n) is 5.56. The predicted octanol–water partition coefficient (Wildman–Crippen LogP) is 3.94. The zero-order valence-electron chi connectivity index (χ0n) is 11.8. The Morgan fingerprint density at radius 2 is 1.85 bits per heavy atom. The fourth-order valence-electron chi connectivity index (χ4n) is 2.99. The van der Waals surface area contributed by atoms with Gasteiger partial charge in [0.2, 0.25) is 0 Å². The Bertz CT molecular complexity index is 592. The minimum absolute atomic E-state index is 0.0638. The first-order valence-electron chi connectivity index (χ1n) is 7.27. The molecule has 1 N–H and O–H groups in total. The summed E-state index contributed by atoms with van der Waals surface area (Å²) in [5, 5.41) is 2.94. The van der Waals surface area contributed by atoms with Crippen molar-refractivity contribution in [3.8, 4) is 0 Å². The third-order valence-corrected chi connectivity index (χ3v) is 4.17. The molecule has 1 aromatic carbocycles. The summed E-state index contributed by atoms with van der Waals surface area (Å²) in [5.41, 5.74) is 2.93. The second kappa shape index (κ2) is 5.53. The molecule has 104 valence electrons. The van der Waals surface area contributed by atoms with E-state index in [0.29, 0.717) is 11.6 Å². The molecule has 3 rings (SSSR count). The third-order valence-electron chi connectivity index (χ3n) is 4.17. The van der Waals surface area contributed by atoms with Gasteiger partial charge < -0.3 is 9.88 Å². The first-order valence-corrected chi connectivity index (χ1v) is 7.27. The van der Waals surface area contributed by atoms with Crippen LogP contribution in [0, 0.1) is 0 Å². The van der Waals surface area contributed by atoms with Gasteiger partial charge in [-0.1, -0.05) is 25.0 Å². The topological polar surface area (TPSA) is 34.0 Å². The summed E-state index contributed by atoms with van der Waals surface area (Å²) < 4.78 is 1.82. The fraction of sp³-hybridized carbons (Fsp3) is 0.353. The Morgan fingerprint density at radius 1 is 1.15 bits per heavy atom. The average Bonchev–Trinajstić information content (AvgIpc) is 3.10. The summed E-state index contributed by atoms with van der Waals surface area (Å²) >= 11 is 0. The van der Waals surface area contributed by atoms with Gasteiger partial charge in [-0.15, -0.1) is 0 Å². The predicted molar refractivity (Wildman–Crippen MR) is 81.0 cm³/mol. The van der Waals surface area contributed by atoms with Crippen LogP contribution < -0.4 is 5.32 Å². The quantitative estimate of drug-likeness (QED) is 0.899. The summed E-state index contributed by atoms with van der Waals surface area (Å²) in [6.07, 6.45) is 7.16. The van der Waals surface area contributed by atoms with Crippen LogP contribution in [0.4, 0.5) is 5.69 Å². The first kappa shape index (κ1) is 13.0. The summed E-state index contributed by atoms with van der Waals surface area (Å²) in [6.45, 7) is 0. The number of hydrogen-bond acceptors (Lipinski definition) is 1. The van der Waals surface area contributed by atoms with Crippen LogP contribution in [0.3, 0.4) is 0 Å². The number of carbonyl (C=O) groups is 1. The van der Waals surface area contributed by atoms with E-state index in [-0.39, 0.29) is 5.91 Å². The minimum atomic E-state index is -0.0638. The summed E-state index contributed by atoms with van der Waals surface area (Å²) in [7, 11) is 1.87. The Balaban J connectivity index is 1.69. The maximum atomic E-state index is 12.1. The van der Waals surface area contributed by atoms with Gasteiger partial charge >= 0.3 is 0 Å². The number of benzene rings is 1. The van der Waals surface area contributed by atoms with Crippen molar-refractivity contribution in [2.45, 2.75) is 31.6 Å². The van der Waals surface area contributed by atoms with Crippen molar-refractivity contribution < 1.29 is 4.79 Å². The molecule has 1 saturated carbocycles. The van der Waals surface area contributed by atoms with Crippen LogP contribution in [0.5, 0.6) is 0 Å². The van der Waals surface area contributed by atoms with Crippen LogP contribution in [0.15, 0.2) is 42.6 Å². The molecule has 1 aliphatic carbocycles. The lowest BCUT2D eigenvalue weighted by Crippen LogP contribution is -2.15. The van der Waals surface area contributed by atoms with Gasteiger partial charge in [0, 0.05) is 18.9 Å². The van der Waals surface area contributed by atoms with Gasteiger partial charge in [-0.2, -0.15) is 0 Å². The maximum absolute atomic E-state index is 12.1. The number of rotatable bonds is 3. The van der Waals surface area contributed by atoms with Crippen LogP contribution in [0.25, 0.3) is 0 Å². The summed E-state index contributed by atoms with van der Waals surface area (Å²) in [4.78, 5) is 12.1. The summed E-state index contributed by atoms with van der Waals surface area (Å²) in [6, 6.07) is 12.0. The lowest BCUT2D eigenvalue weighted by Gasteiger charge is -2.11. The number of aryl methyl sites for hydroxylation is 1. The third kappa shape index (κ3) is 2.62. The highest BCUT2D eigenvalue weighted by Crippen LogP contribution is 2.34. The van der Waals surface area contributed by atoms with E-state index in [2.05, 4.69) is 17.4 Å². The number of aromatic nitrogens is 1. The van der Waals surface area contributed by atoms with Crippen LogP contribution >= 0.6 is 0 Å². The molecule has 0 saturated heterocycles. The van der Waals surface area contributed by atoms with E-state index in [1.54, 1.807) is 0 Å². The van der Waals surface area contributed by atoms with Gasteiger partial charge in [-0.05, 0) is 48.6 Å². The Kier molecular flexibility index (Phi) is 3.59. The zero-order valence-corrected chi connectivity index (χ0v) is 11.8. The molecular weight excluding hydrogens is 248 g/mol. The van der Waals surface area contributed by atoms with E-state index in [9.17, 15) is 4.79 Å². The van der Waals surface area contributed by atoms with Crippen LogP contribution in [-0.2, 0) is 7.05 Å². The largest absolute Gasteiger partial charge is 0.347 e. The molecule has 1 fully saturated rings. The van der Waals surface area contributed by atoms with Crippen molar-refractivity contribution in [2.75, 3.05) is 5.32 Å². The molecule has 0 bridgehead atoms. The van der Waals surface area contributed by atoms with E-state index in [1.165, 1.54) is 31.2 Å². The second-order valence-corrected chi connectivity index (χ2v) is 5.56. The number of hydrogen-bond donors (Lipinski definition) is 1. The molecule has 0 aliphatic heterocycles. The lowest BCUT2D eigenvalue weighted by molar-refractivity contribution is 0.101. The molecule has 1 aliphatic rings. The Hall–Kier alpha value is -2.03. The van der Waals surface area contributed by atoms with Crippen molar-refractivity contribution in [2.24, 2.45) is 7.05 Å². The van der Waals surface area contributed by atoms with Crippen LogP contribution in [0.2, 0.25) is 0 Å². The monoisotopic (exact) mass is 268 g/mol. The molecule has 3 heteroatoms. The molecule has 0 unspecified atom stereocenters. The molecule has 0 atom stereocenters. The molecule has 2 aromatic rings. The Labute approximate surface area is 119 Å². The van der Waals surface area contributed by atoms with Crippen LogP contribution in [-0.4, -0.2) is 10.5 Å². The number of nitrogens with zero attached hydrogens (tertiary/aromatic N) is 1. The van der Waals surface area contributed by atoms with E-state index in [0.717, 1.165) is 5.69 Å². The number of anilines is 1. The van der Waals surface area contributed by atoms with Gasteiger partial charge in [-0.3, -0.25) is 4.79 Å². The normalized spacial score (nSPS) is 15.4. The first-order chi connectivity index (χ1) is 9.74. The number of nitrogens with one attached hydrogen (secondary N) is 1. The smallest absolute Gasteiger partial charge is 0.272 e. The molecule has 0 radical (unpaired) electrons. The lowest BCUT2D eigenvalue weighted by atomic mass is 9.98. The Morgan fingerprint density at radius 3 is 2.45 bits per heavy atom. The van der Waals surface area contributed by atoms with Gasteiger partial charge in [0.15, 0.2) is 0 Å². The molecule has 0 spiro atoms. The number of carbonyl (C=O) groups excluding carboxylic acids is 1. The molecular formula is C17H20N2O. The van der Waals surface area contributed by atoms with E-state index >= 15 is 0 Å². The SMILES string of the molecule is Cn1cccc1C(=O)Nc1ccc(C2CCCC2)cc1. The highest BCUT2D eigenvalue weighted by Gasteiger charge is 2.17. The maximum Gasteiger partial charge on any atom is 0.272 e. The highest BCUT2D eigenvalue weighted by molar-refractivity contribution is 6.03. The van der Waals surface area contributed by atoms with E-state index in [4.69, 9.17) is 0 Å². The van der Waals surface area contributed by atoms with Crippen molar-refractivity contribution in [1.29, 1.82) is 0 Å². The average molecular weight is 268 g/mol. The zero-order chi connectivity index (χ0) is 13.9. The van der Waals surface area contributed by atoms with Gasteiger partial charge in [-0.25, -0.2) is 0 Å².